The summed E-state index contributed by atoms with van der Waals surface area (Å²) < 4.78 is 0. The molecular formula is C14H19NO3. The van der Waals surface area contributed by atoms with E-state index in [1.807, 2.05) is 19.9 Å². The first kappa shape index (κ1) is 12.9. The SMILES string of the molecule is Cc1cc(C(=O)O)ccc1N1CCC(C)(O)CC1. The van der Waals surface area contributed by atoms with Crippen LogP contribution in [0.4, 0.5) is 5.69 Å². The first-order valence-corrected chi connectivity index (χ1v) is 6.20. The second-order valence-corrected chi connectivity index (χ2v) is 5.29. The molecule has 4 heteroatoms. The number of rotatable bonds is 2. The molecule has 2 N–H and O–H groups in total. The Morgan fingerprint density at radius 1 is 1.33 bits per heavy atom. The summed E-state index contributed by atoms with van der Waals surface area (Å²) in [6, 6.07) is 5.20. The molecule has 1 aliphatic rings. The summed E-state index contributed by atoms with van der Waals surface area (Å²) in [4.78, 5) is 13.1. The molecule has 0 amide bonds. The maximum Gasteiger partial charge on any atom is 0.335 e. The summed E-state index contributed by atoms with van der Waals surface area (Å²) >= 11 is 0. The Labute approximate surface area is 107 Å². The number of nitrogens with zero attached hydrogens (tertiary/aromatic N) is 1. The Morgan fingerprint density at radius 3 is 2.44 bits per heavy atom. The van der Waals surface area contributed by atoms with E-state index in [9.17, 15) is 9.90 Å². The monoisotopic (exact) mass is 249 g/mol. The third kappa shape index (κ3) is 2.64. The molecule has 1 aromatic rings. The Morgan fingerprint density at radius 2 is 1.94 bits per heavy atom. The van der Waals surface area contributed by atoms with Crippen LogP contribution < -0.4 is 4.90 Å². The number of piperidine rings is 1. The maximum absolute atomic E-state index is 10.9. The predicted octanol–water partition coefficient (Wildman–Crippen LogP) is 2.04. The topological polar surface area (TPSA) is 60.8 Å². The summed E-state index contributed by atoms with van der Waals surface area (Å²) in [5.74, 6) is -0.897. The summed E-state index contributed by atoms with van der Waals surface area (Å²) in [6.45, 7) is 5.40. The highest BCUT2D eigenvalue weighted by Gasteiger charge is 2.27. The van der Waals surface area contributed by atoms with Gasteiger partial charge in [-0.25, -0.2) is 4.79 Å². The van der Waals surface area contributed by atoms with E-state index in [0.29, 0.717) is 5.56 Å². The van der Waals surface area contributed by atoms with Crippen molar-refractivity contribution in [1.82, 2.24) is 0 Å². The third-order valence-corrected chi connectivity index (χ3v) is 3.63. The first-order chi connectivity index (χ1) is 8.39. The normalized spacial score (nSPS) is 18.7. The van der Waals surface area contributed by atoms with Gasteiger partial charge in [0, 0.05) is 18.8 Å². The molecule has 0 aromatic heterocycles. The summed E-state index contributed by atoms with van der Waals surface area (Å²) in [5.41, 5.74) is 1.79. The van der Waals surface area contributed by atoms with Gasteiger partial charge in [0.25, 0.3) is 0 Å². The van der Waals surface area contributed by atoms with Crippen LogP contribution in [0.3, 0.4) is 0 Å². The number of hydrogen-bond donors (Lipinski definition) is 2. The second kappa shape index (κ2) is 4.61. The van der Waals surface area contributed by atoms with Gasteiger partial charge in [-0.15, -0.1) is 0 Å². The van der Waals surface area contributed by atoms with Crippen LogP contribution in [-0.4, -0.2) is 34.9 Å². The number of benzene rings is 1. The average Bonchev–Trinajstić information content (AvgIpc) is 2.29. The molecule has 18 heavy (non-hydrogen) atoms. The van der Waals surface area contributed by atoms with Crippen LogP contribution in [0.15, 0.2) is 18.2 Å². The maximum atomic E-state index is 10.9. The van der Waals surface area contributed by atoms with E-state index in [1.54, 1.807) is 12.1 Å². The first-order valence-electron chi connectivity index (χ1n) is 6.20. The van der Waals surface area contributed by atoms with Gasteiger partial charge in [0.1, 0.15) is 0 Å². The lowest BCUT2D eigenvalue weighted by atomic mass is 9.93. The van der Waals surface area contributed by atoms with E-state index in [0.717, 1.165) is 37.2 Å². The summed E-state index contributed by atoms with van der Waals surface area (Å²) in [5, 5.41) is 18.9. The van der Waals surface area contributed by atoms with Crippen molar-refractivity contribution in [2.24, 2.45) is 0 Å². The number of carbonyl (C=O) groups is 1. The van der Waals surface area contributed by atoms with E-state index >= 15 is 0 Å². The van der Waals surface area contributed by atoms with Crippen LogP contribution in [0.2, 0.25) is 0 Å². The molecule has 2 rings (SSSR count). The summed E-state index contributed by atoms with van der Waals surface area (Å²) in [6.07, 6.45) is 1.49. The number of carboxylic acid groups (broad SMARTS) is 1. The predicted molar refractivity (Wildman–Crippen MR) is 70.2 cm³/mol. The molecule has 1 saturated heterocycles. The molecule has 0 spiro atoms. The van der Waals surface area contributed by atoms with Gasteiger partial charge >= 0.3 is 5.97 Å². The number of anilines is 1. The molecule has 4 nitrogen and oxygen atoms in total. The summed E-state index contributed by atoms with van der Waals surface area (Å²) in [7, 11) is 0. The fourth-order valence-corrected chi connectivity index (χ4v) is 2.37. The number of aryl methyl sites for hydroxylation is 1. The Kier molecular flexibility index (Phi) is 3.30. The van der Waals surface area contributed by atoms with Gasteiger partial charge in [-0.05, 0) is 50.5 Å². The molecule has 0 bridgehead atoms. The minimum absolute atomic E-state index is 0.320. The van der Waals surface area contributed by atoms with Crippen molar-refractivity contribution >= 4 is 11.7 Å². The van der Waals surface area contributed by atoms with Gasteiger partial charge < -0.3 is 15.1 Å². The van der Waals surface area contributed by atoms with E-state index in [4.69, 9.17) is 5.11 Å². The van der Waals surface area contributed by atoms with Crippen LogP contribution >= 0.6 is 0 Å². The zero-order valence-electron chi connectivity index (χ0n) is 10.8. The van der Waals surface area contributed by atoms with Crippen LogP contribution in [0.1, 0.15) is 35.7 Å². The molecule has 1 aromatic carbocycles. The van der Waals surface area contributed by atoms with Gasteiger partial charge in [0.2, 0.25) is 0 Å². The lowest BCUT2D eigenvalue weighted by Gasteiger charge is -2.37. The zero-order valence-corrected chi connectivity index (χ0v) is 10.8. The molecular weight excluding hydrogens is 230 g/mol. The Balaban J connectivity index is 2.17. The van der Waals surface area contributed by atoms with Gasteiger partial charge in [0.05, 0.1) is 11.2 Å². The number of hydrogen-bond acceptors (Lipinski definition) is 3. The van der Waals surface area contributed by atoms with E-state index < -0.39 is 11.6 Å². The Bertz CT molecular complexity index is 458. The molecule has 0 radical (unpaired) electrons. The molecule has 0 unspecified atom stereocenters. The zero-order chi connectivity index (χ0) is 13.3. The lowest BCUT2D eigenvalue weighted by Crippen LogP contribution is -2.42. The van der Waals surface area contributed by atoms with Crippen LogP contribution in [0.25, 0.3) is 0 Å². The van der Waals surface area contributed by atoms with Crippen molar-refractivity contribution in [3.63, 3.8) is 0 Å². The van der Waals surface area contributed by atoms with Crippen molar-refractivity contribution < 1.29 is 15.0 Å². The van der Waals surface area contributed by atoms with Gasteiger partial charge in [-0.2, -0.15) is 0 Å². The molecule has 0 saturated carbocycles. The van der Waals surface area contributed by atoms with Crippen molar-refractivity contribution in [3.8, 4) is 0 Å². The highest BCUT2D eigenvalue weighted by molar-refractivity contribution is 5.88. The van der Waals surface area contributed by atoms with E-state index in [1.165, 1.54) is 0 Å². The van der Waals surface area contributed by atoms with E-state index in [-0.39, 0.29) is 0 Å². The molecule has 0 atom stereocenters. The molecule has 1 fully saturated rings. The fourth-order valence-electron chi connectivity index (χ4n) is 2.37. The fraction of sp³-hybridized carbons (Fsp3) is 0.500. The third-order valence-electron chi connectivity index (χ3n) is 3.63. The second-order valence-electron chi connectivity index (χ2n) is 5.29. The van der Waals surface area contributed by atoms with Crippen LogP contribution in [0.5, 0.6) is 0 Å². The van der Waals surface area contributed by atoms with Gasteiger partial charge in [-0.1, -0.05) is 0 Å². The van der Waals surface area contributed by atoms with E-state index in [2.05, 4.69) is 4.90 Å². The lowest BCUT2D eigenvalue weighted by molar-refractivity contribution is 0.0351. The Hall–Kier alpha value is -1.55. The minimum atomic E-state index is -0.897. The number of carboxylic acids is 1. The van der Waals surface area contributed by atoms with Crippen molar-refractivity contribution in [3.05, 3.63) is 29.3 Å². The minimum Gasteiger partial charge on any atom is -0.478 e. The standard InChI is InChI=1S/C14H19NO3/c1-10-9-11(13(16)17)3-4-12(10)15-7-5-14(2,18)6-8-15/h3-4,9,18H,5-8H2,1-2H3,(H,16,17). The highest BCUT2D eigenvalue weighted by Crippen LogP contribution is 2.28. The smallest absolute Gasteiger partial charge is 0.335 e. The van der Waals surface area contributed by atoms with Crippen molar-refractivity contribution in [2.75, 3.05) is 18.0 Å². The average molecular weight is 249 g/mol. The van der Waals surface area contributed by atoms with Crippen molar-refractivity contribution in [1.29, 1.82) is 0 Å². The van der Waals surface area contributed by atoms with Crippen LogP contribution in [0, 0.1) is 6.92 Å². The molecule has 0 aliphatic carbocycles. The molecule has 98 valence electrons. The van der Waals surface area contributed by atoms with Gasteiger partial charge in [-0.3, -0.25) is 0 Å². The number of aliphatic hydroxyl groups is 1. The van der Waals surface area contributed by atoms with Crippen molar-refractivity contribution in [2.45, 2.75) is 32.3 Å². The van der Waals surface area contributed by atoms with Gasteiger partial charge in [0.15, 0.2) is 0 Å². The number of aromatic carboxylic acids is 1. The molecule has 1 heterocycles. The quantitative estimate of drug-likeness (QED) is 0.842. The van der Waals surface area contributed by atoms with Crippen LogP contribution in [-0.2, 0) is 0 Å². The largest absolute Gasteiger partial charge is 0.478 e. The highest BCUT2D eigenvalue weighted by atomic mass is 16.4. The molecule has 1 aliphatic heterocycles.